The van der Waals surface area contributed by atoms with Crippen LogP contribution in [0.3, 0.4) is 0 Å². The van der Waals surface area contributed by atoms with Crippen LogP contribution in [-0.2, 0) is 26.3 Å². The molecular formula is C27H33N5O5. The average Bonchev–Trinajstić information content (AvgIpc) is 3.39. The van der Waals surface area contributed by atoms with Crippen LogP contribution < -0.4 is 15.8 Å². The Bertz CT molecular complexity index is 1180. The normalized spacial score (nSPS) is 25.8. The molecule has 3 N–H and O–H groups in total. The molecule has 10 nitrogen and oxygen atoms in total. The van der Waals surface area contributed by atoms with Crippen LogP contribution in [0.25, 0.3) is 0 Å². The van der Waals surface area contributed by atoms with E-state index in [0.717, 1.165) is 69.1 Å². The minimum absolute atomic E-state index is 0.0726. The monoisotopic (exact) mass is 507 g/mol. The molecule has 3 saturated heterocycles. The summed E-state index contributed by atoms with van der Waals surface area (Å²) in [4.78, 5) is 45.7. The fourth-order valence-electron chi connectivity index (χ4n) is 6.14. The van der Waals surface area contributed by atoms with Crippen LogP contribution in [0.1, 0.15) is 47.2 Å². The van der Waals surface area contributed by atoms with Crippen LogP contribution in [0.15, 0.2) is 28.9 Å². The zero-order chi connectivity index (χ0) is 25.6. The van der Waals surface area contributed by atoms with Gasteiger partial charge in [0.2, 0.25) is 11.8 Å². The van der Waals surface area contributed by atoms with E-state index >= 15 is 0 Å². The maximum absolute atomic E-state index is 13.2. The molecule has 3 fully saturated rings. The minimum Gasteiger partial charge on any atom is -0.492 e. The summed E-state index contributed by atoms with van der Waals surface area (Å²) in [7, 11) is 0. The number of hydrogen-bond donors (Lipinski definition) is 2. The molecule has 5 aliphatic heterocycles. The minimum atomic E-state index is -0.623. The molecule has 10 heteroatoms. The summed E-state index contributed by atoms with van der Waals surface area (Å²) in [5.74, 6) is 0.489. The third-order valence-electron chi connectivity index (χ3n) is 8.49. The highest BCUT2D eigenvalue weighted by molar-refractivity contribution is 6.05. The molecule has 5 aliphatic rings. The van der Waals surface area contributed by atoms with E-state index in [4.69, 9.17) is 15.2 Å². The number of nitrogens with two attached hydrogens (primary N) is 1. The third kappa shape index (κ3) is 4.31. The van der Waals surface area contributed by atoms with Crippen LogP contribution in [0.5, 0.6) is 5.75 Å². The van der Waals surface area contributed by atoms with Crippen LogP contribution in [0.4, 0.5) is 0 Å². The van der Waals surface area contributed by atoms with Crippen molar-refractivity contribution in [3.8, 4) is 5.75 Å². The van der Waals surface area contributed by atoms with Gasteiger partial charge in [0.1, 0.15) is 11.8 Å². The van der Waals surface area contributed by atoms with E-state index < -0.39 is 11.9 Å². The molecule has 1 unspecified atom stereocenters. The van der Waals surface area contributed by atoms with Crippen LogP contribution in [0, 0.1) is 5.92 Å². The van der Waals surface area contributed by atoms with E-state index in [1.807, 2.05) is 18.3 Å². The van der Waals surface area contributed by atoms with Gasteiger partial charge in [-0.1, -0.05) is 6.07 Å². The first kappa shape index (κ1) is 24.1. The number of imide groups is 1. The standard InChI is InChI=1S/C27H33N5O5/c28-9-17(10-29-11-18-14-36-15-18)12-31-7-5-27(6-8-31)16-37-24-20-13-32(22-3-4-23(33)30-25(22)34)26(35)19(20)1-2-21(24)27/h1-2,9-10,18,22H,3-8,11-16,28H2,(H,30,33,34). The zero-order valence-electron chi connectivity index (χ0n) is 20.9. The van der Waals surface area contributed by atoms with Crippen LogP contribution in [-0.4, -0.2) is 85.8 Å². The van der Waals surface area contributed by atoms with Crippen molar-refractivity contribution in [2.45, 2.75) is 43.7 Å². The molecule has 0 aliphatic carbocycles. The Morgan fingerprint density at radius 2 is 2.03 bits per heavy atom. The van der Waals surface area contributed by atoms with Gasteiger partial charge in [-0.15, -0.1) is 0 Å². The fourth-order valence-corrected chi connectivity index (χ4v) is 6.14. The van der Waals surface area contributed by atoms with E-state index in [-0.39, 0.29) is 23.7 Å². The van der Waals surface area contributed by atoms with Gasteiger partial charge in [-0.3, -0.25) is 29.6 Å². The van der Waals surface area contributed by atoms with E-state index in [1.165, 1.54) is 5.56 Å². The molecule has 0 aromatic heterocycles. The number of carbonyl (C=O) groups is 3. The molecule has 1 atom stereocenters. The molecule has 3 amide bonds. The van der Waals surface area contributed by atoms with Crippen molar-refractivity contribution in [1.82, 2.24) is 15.1 Å². The van der Waals surface area contributed by atoms with Gasteiger partial charge in [-0.2, -0.15) is 0 Å². The van der Waals surface area contributed by atoms with Crippen molar-refractivity contribution in [2.75, 3.05) is 46.0 Å². The smallest absolute Gasteiger partial charge is 0.255 e. The maximum atomic E-state index is 13.2. The Balaban J connectivity index is 1.12. The average molecular weight is 508 g/mol. The number of amides is 3. The van der Waals surface area contributed by atoms with Gasteiger partial charge in [0, 0.05) is 53.7 Å². The van der Waals surface area contributed by atoms with Gasteiger partial charge in [-0.05, 0) is 50.2 Å². The Labute approximate surface area is 215 Å². The lowest BCUT2D eigenvalue weighted by Gasteiger charge is -2.38. The van der Waals surface area contributed by atoms with Crippen LogP contribution >= 0.6 is 0 Å². The van der Waals surface area contributed by atoms with Gasteiger partial charge in [0.25, 0.3) is 5.91 Å². The van der Waals surface area contributed by atoms with E-state index in [9.17, 15) is 14.4 Å². The lowest BCUT2D eigenvalue weighted by Crippen LogP contribution is -2.52. The van der Waals surface area contributed by atoms with Gasteiger partial charge in [-0.25, -0.2) is 0 Å². The second-order valence-electron chi connectivity index (χ2n) is 10.9. The summed E-state index contributed by atoms with van der Waals surface area (Å²) in [6.07, 6.45) is 6.05. The molecule has 5 heterocycles. The SMILES string of the molecule is NC=C(C=NCC1COC1)CN1CCC2(CC1)COc1c2ccc2c1CN(C1CCC(=O)NC1=O)C2=O. The number of ether oxygens (including phenoxy) is 2. The highest BCUT2D eigenvalue weighted by atomic mass is 16.5. The molecule has 37 heavy (non-hydrogen) atoms. The Hall–Kier alpha value is -3.24. The summed E-state index contributed by atoms with van der Waals surface area (Å²) < 4.78 is 11.5. The highest BCUT2D eigenvalue weighted by Gasteiger charge is 2.47. The van der Waals surface area contributed by atoms with E-state index in [0.29, 0.717) is 31.1 Å². The third-order valence-corrected chi connectivity index (χ3v) is 8.49. The number of rotatable bonds is 6. The number of benzene rings is 1. The molecule has 0 radical (unpaired) electrons. The number of hydrogen-bond acceptors (Lipinski definition) is 8. The molecule has 1 aromatic rings. The predicted molar refractivity (Wildman–Crippen MR) is 135 cm³/mol. The Morgan fingerprint density at radius 3 is 2.73 bits per heavy atom. The predicted octanol–water partition coefficient (Wildman–Crippen LogP) is 0.733. The summed E-state index contributed by atoms with van der Waals surface area (Å²) in [6, 6.07) is 3.32. The van der Waals surface area contributed by atoms with Gasteiger partial charge >= 0.3 is 0 Å². The van der Waals surface area contributed by atoms with Gasteiger partial charge in [0.05, 0.1) is 26.4 Å². The van der Waals surface area contributed by atoms with E-state index in [2.05, 4.69) is 15.2 Å². The Morgan fingerprint density at radius 1 is 1.22 bits per heavy atom. The van der Waals surface area contributed by atoms with Crippen molar-refractivity contribution >= 4 is 23.9 Å². The number of nitrogens with zero attached hydrogens (tertiary/aromatic N) is 3. The summed E-state index contributed by atoms with van der Waals surface area (Å²) in [6.45, 7) is 5.91. The maximum Gasteiger partial charge on any atom is 0.255 e. The number of likely N-dealkylation sites (tertiary alicyclic amines) is 1. The molecule has 1 aromatic carbocycles. The summed E-state index contributed by atoms with van der Waals surface area (Å²) in [5.41, 5.74) is 9.46. The van der Waals surface area contributed by atoms with Crippen LogP contribution in [0.2, 0.25) is 0 Å². The van der Waals surface area contributed by atoms with Crippen molar-refractivity contribution in [2.24, 2.45) is 16.6 Å². The number of fused-ring (bicyclic) bond motifs is 4. The van der Waals surface area contributed by atoms with Crippen molar-refractivity contribution in [3.05, 3.63) is 40.6 Å². The second kappa shape index (κ2) is 9.57. The Kier molecular flexibility index (Phi) is 6.24. The van der Waals surface area contributed by atoms with Gasteiger partial charge in [0.15, 0.2) is 0 Å². The quantitative estimate of drug-likeness (QED) is 0.429. The largest absolute Gasteiger partial charge is 0.492 e. The molecule has 196 valence electrons. The number of piperidine rings is 2. The number of nitrogens with one attached hydrogen (secondary N) is 1. The lowest BCUT2D eigenvalue weighted by atomic mass is 9.74. The molecule has 1 spiro atoms. The van der Waals surface area contributed by atoms with Crippen molar-refractivity contribution in [3.63, 3.8) is 0 Å². The zero-order valence-corrected chi connectivity index (χ0v) is 20.9. The molecule has 0 saturated carbocycles. The number of aliphatic imine (C=N–C) groups is 1. The van der Waals surface area contributed by atoms with E-state index in [1.54, 1.807) is 11.1 Å². The lowest BCUT2D eigenvalue weighted by molar-refractivity contribution is -0.136. The first-order chi connectivity index (χ1) is 18.0. The number of carbonyl (C=O) groups excluding carboxylic acids is 3. The first-order valence-corrected chi connectivity index (χ1v) is 13.1. The summed E-state index contributed by atoms with van der Waals surface area (Å²) in [5, 5.41) is 2.36. The fraction of sp³-hybridized carbons (Fsp3) is 0.556. The second-order valence-corrected chi connectivity index (χ2v) is 10.9. The van der Waals surface area contributed by atoms with Crippen molar-refractivity contribution in [1.29, 1.82) is 0 Å². The summed E-state index contributed by atoms with van der Waals surface area (Å²) >= 11 is 0. The first-order valence-electron chi connectivity index (χ1n) is 13.1. The topological polar surface area (TPSA) is 127 Å². The molecular weight excluding hydrogens is 474 g/mol. The molecule has 6 rings (SSSR count). The molecule has 0 bridgehead atoms. The van der Waals surface area contributed by atoms with Gasteiger partial charge < -0.3 is 20.1 Å². The van der Waals surface area contributed by atoms with Crippen molar-refractivity contribution < 1.29 is 23.9 Å². The highest BCUT2D eigenvalue weighted by Crippen LogP contribution is 2.49.